The van der Waals surface area contributed by atoms with Crippen molar-refractivity contribution in [2.75, 3.05) is 16.3 Å². The van der Waals surface area contributed by atoms with Gasteiger partial charge >= 0.3 is 0 Å². The average Bonchev–Trinajstić information content (AvgIpc) is 2.79. The molecule has 9 heteroatoms. The molecular formula is C25H25ClF3NO2S2. The van der Waals surface area contributed by atoms with E-state index in [2.05, 4.69) is 0 Å². The van der Waals surface area contributed by atoms with E-state index in [1.54, 1.807) is 18.7 Å². The van der Waals surface area contributed by atoms with Gasteiger partial charge in [0.1, 0.15) is 17.5 Å². The van der Waals surface area contributed by atoms with Crippen molar-refractivity contribution in [2.24, 2.45) is 0 Å². The Morgan fingerprint density at radius 3 is 2.26 bits per heavy atom. The van der Waals surface area contributed by atoms with Gasteiger partial charge in [-0.2, -0.15) is 11.8 Å². The van der Waals surface area contributed by atoms with Crippen LogP contribution in [0.15, 0.2) is 65.6 Å². The van der Waals surface area contributed by atoms with E-state index in [1.165, 1.54) is 42.5 Å². The number of benzene rings is 3. The van der Waals surface area contributed by atoms with E-state index in [0.29, 0.717) is 22.6 Å². The first-order valence-corrected chi connectivity index (χ1v) is 13.9. The Hall–Kier alpha value is -2.16. The molecule has 0 aliphatic rings. The average molecular weight is 528 g/mol. The fourth-order valence-electron chi connectivity index (χ4n) is 3.81. The molecule has 0 radical (unpaired) electrons. The first-order chi connectivity index (χ1) is 16.1. The quantitative estimate of drug-likeness (QED) is 0.258. The summed E-state index contributed by atoms with van der Waals surface area (Å²) in [5.74, 6) is -1.17. The molecule has 1 unspecified atom stereocenters. The molecular weight excluding hydrogens is 503 g/mol. The number of thioether (sulfide) groups is 1. The molecule has 3 rings (SSSR count). The van der Waals surface area contributed by atoms with Crippen LogP contribution in [0.3, 0.4) is 0 Å². The summed E-state index contributed by atoms with van der Waals surface area (Å²) in [5.41, 5.74) is 0.716. The lowest BCUT2D eigenvalue weighted by molar-refractivity contribution is 0.569. The van der Waals surface area contributed by atoms with E-state index in [9.17, 15) is 21.6 Å². The molecule has 3 aromatic rings. The van der Waals surface area contributed by atoms with Crippen LogP contribution < -0.4 is 4.31 Å². The Morgan fingerprint density at radius 1 is 0.941 bits per heavy atom. The Labute approximate surface area is 208 Å². The summed E-state index contributed by atoms with van der Waals surface area (Å²) >= 11 is 7.62. The topological polar surface area (TPSA) is 37.4 Å². The molecule has 0 saturated carbocycles. The van der Waals surface area contributed by atoms with Crippen LogP contribution in [-0.4, -0.2) is 20.4 Å². The highest BCUT2D eigenvalue weighted by Crippen LogP contribution is 2.37. The second kappa shape index (κ2) is 11.5. The smallest absolute Gasteiger partial charge is 0.256 e. The summed E-state index contributed by atoms with van der Waals surface area (Å²) < 4.78 is 71.4. The number of unbranched alkanes of at least 4 members (excludes halogenated alkanes) is 1. The van der Waals surface area contributed by atoms with Crippen LogP contribution in [0.4, 0.5) is 18.9 Å². The maximum Gasteiger partial charge on any atom is 0.264 e. The minimum Gasteiger partial charge on any atom is -0.256 e. The van der Waals surface area contributed by atoms with Gasteiger partial charge in [-0.3, -0.25) is 4.31 Å². The number of halogens is 4. The standard InChI is InChI=1S/C25H25ClF3NO2S2/c1-17(23-12-8-20(27)15-18(23)5-3-4-14-33-2)30(25-16-21(28)9-13-24(25)29)34(31,32)22-10-6-19(26)7-11-22/h6-13,15-17H,3-5,14H2,1-2H3. The summed E-state index contributed by atoms with van der Waals surface area (Å²) in [7, 11) is -4.34. The van der Waals surface area contributed by atoms with Crippen molar-refractivity contribution in [1.29, 1.82) is 0 Å². The molecule has 0 saturated heterocycles. The maximum absolute atomic E-state index is 14.9. The first kappa shape index (κ1) is 26.4. The fraction of sp³-hybridized carbons (Fsp3) is 0.280. The van der Waals surface area contributed by atoms with Gasteiger partial charge in [0.2, 0.25) is 0 Å². The van der Waals surface area contributed by atoms with Crippen molar-refractivity contribution >= 4 is 39.1 Å². The van der Waals surface area contributed by atoms with Crippen molar-refractivity contribution in [3.8, 4) is 0 Å². The van der Waals surface area contributed by atoms with Crippen molar-refractivity contribution in [3.05, 3.63) is 94.3 Å². The molecule has 0 fully saturated rings. The van der Waals surface area contributed by atoms with Crippen LogP contribution in [0.25, 0.3) is 0 Å². The zero-order valence-corrected chi connectivity index (χ0v) is 21.2. The van der Waals surface area contributed by atoms with Gasteiger partial charge in [0.05, 0.1) is 16.6 Å². The molecule has 0 amide bonds. The second-order valence-electron chi connectivity index (χ2n) is 7.82. The van der Waals surface area contributed by atoms with E-state index in [0.717, 1.165) is 41.1 Å². The molecule has 0 heterocycles. The highest BCUT2D eigenvalue weighted by Gasteiger charge is 2.33. The minimum absolute atomic E-state index is 0.129. The monoisotopic (exact) mass is 527 g/mol. The van der Waals surface area contributed by atoms with Crippen LogP contribution in [0.1, 0.15) is 36.9 Å². The molecule has 0 bridgehead atoms. The van der Waals surface area contributed by atoms with Gasteiger partial charge in [-0.15, -0.1) is 0 Å². The van der Waals surface area contributed by atoms with Crippen LogP contribution >= 0.6 is 23.4 Å². The number of rotatable bonds is 10. The largest absolute Gasteiger partial charge is 0.264 e. The maximum atomic E-state index is 14.9. The third-order valence-electron chi connectivity index (χ3n) is 5.47. The number of hydrogen-bond acceptors (Lipinski definition) is 3. The Morgan fingerprint density at radius 2 is 1.59 bits per heavy atom. The van der Waals surface area contributed by atoms with Crippen LogP contribution in [-0.2, 0) is 16.4 Å². The highest BCUT2D eigenvalue weighted by molar-refractivity contribution is 7.98. The van der Waals surface area contributed by atoms with E-state index < -0.39 is 39.2 Å². The van der Waals surface area contributed by atoms with Crippen molar-refractivity contribution in [2.45, 2.75) is 37.1 Å². The molecule has 0 aromatic heterocycles. The molecule has 0 aliphatic heterocycles. The van der Waals surface area contributed by atoms with Crippen LogP contribution in [0, 0.1) is 17.5 Å². The molecule has 0 aliphatic carbocycles. The van der Waals surface area contributed by atoms with Crippen molar-refractivity contribution in [3.63, 3.8) is 0 Å². The summed E-state index contributed by atoms with van der Waals surface area (Å²) in [6, 6.07) is 11.3. The first-order valence-electron chi connectivity index (χ1n) is 10.7. The van der Waals surface area contributed by atoms with Gasteiger partial charge in [-0.05, 0) is 97.9 Å². The third-order valence-corrected chi connectivity index (χ3v) is 8.32. The molecule has 0 spiro atoms. The molecule has 3 nitrogen and oxygen atoms in total. The van der Waals surface area contributed by atoms with Crippen molar-refractivity contribution in [1.82, 2.24) is 0 Å². The van der Waals surface area contributed by atoms with Gasteiger partial charge in [0.15, 0.2) is 0 Å². The molecule has 0 N–H and O–H groups in total. The number of anilines is 1. The summed E-state index contributed by atoms with van der Waals surface area (Å²) in [6.45, 7) is 1.58. The van der Waals surface area contributed by atoms with Gasteiger partial charge in [0, 0.05) is 11.1 Å². The number of hydrogen-bond donors (Lipinski definition) is 0. The lowest BCUT2D eigenvalue weighted by atomic mass is 9.97. The zero-order chi connectivity index (χ0) is 24.9. The zero-order valence-electron chi connectivity index (χ0n) is 18.8. The third kappa shape index (κ3) is 6.09. The Balaban J connectivity index is 2.14. The summed E-state index contributed by atoms with van der Waals surface area (Å²) in [5, 5.41) is 0.335. The van der Waals surface area contributed by atoms with Gasteiger partial charge < -0.3 is 0 Å². The number of nitrogens with zero attached hydrogens (tertiary/aromatic N) is 1. The molecule has 1 atom stereocenters. The Kier molecular flexibility index (Phi) is 8.95. The van der Waals surface area contributed by atoms with E-state index in [-0.39, 0.29) is 4.90 Å². The van der Waals surface area contributed by atoms with E-state index in [1.807, 2.05) is 6.26 Å². The van der Waals surface area contributed by atoms with Gasteiger partial charge in [0.25, 0.3) is 10.0 Å². The van der Waals surface area contributed by atoms with Crippen LogP contribution in [0.2, 0.25) is 5.02 Å². The molecule has 34 heavy (non-hydrogen) atoms. The van der Waals surface area contributed by atoms with Crippen LogP contribution in [0.5, 0.6) is 0 Å². The lowest BCUT2D eigenvalue weighted by Gasteiger charge is -2.32. The predicted octanol–water partition coefficient (Wildman–Crippen LogP) is 7.40. The summed E-state index contributed by atoms with van der Waals surface area (Å²) in [6.07, 6.45) is 4.22. The SMILES string of the molecule is CSCCCCc1cc(F)ccc1C(C)N(c1cc(F)ccc1F)S(=O)(=O)c1ccc(Cl)cc1. The normalized spacial score (nSPS) is 12.5. The van der Waals surface area contributed by atoms with Gasteiger partial charge in [-0.25, -0.2) is 21.6 Å². The minimum atomic E-state index is -4.34. The number of aryl methyl sites for hydroxylation is 1. The Bertz CT molecular complexity index is 1240. The van der Waals surface area contributed by atoms with Gasteiger partial charge in [-0.1, -0.05) is 17.7 Å². The number of sulfonamides is 1. The molecule has 182 valence electrons. The fourth-order valence-corrected chi connectivity index (χ4v) is 6.06. The van der Waals surface area contributed by atoms with Crippen molar-refractivity contribution < 1.29 is 21.6 Å². The summed E-state index contributed by atoms with van der Waals surface area (Å²) in [4.78, 5) is -0.129. The predicted molar refractivity (Wildman–Crippen MR) is 134 cm³/mol. The van der Waals surface area contributed by atoms with E-state index in [4.69, 9.17) is 11.6 Å². The lowest BCUT2D eigenvalue weighted by Crippen LogP contribution is -2.35. The second-order valence-corrected chi connectivity index (χ2v) is 11.1. The van der Waals surface area contributed by atoms with E-state index >= 15 is 0 Å². The molecule has 3 aromatic carbocycles. The highest BCUT2D eigenvalue weighted by atomic mass is 35.5.